The summed E-state index contributed by atoms with van der Waals surface area (Å²) in [5, 5.41) is 0. The highest BCUT2D eigenvalue weighted by Gasteiger charge is 2.01. The fourth-order valence-electron chi connectivity index (χ4n) is 3.57. The van der Waals surface area contributed by atoms with Crippen LogP contribution in [-0.4, -0.2) is 0 Å². The van der Waals surface area contributed by atoms with Gasteiger partial charge in [0.1, 0.15) is 0 Å². The number of allylic oxidation sites excluding steroid dienone is 3. The fraction of sp³-hybridized carbons (Fsp3) is 0.241. The average Bonchev–Trinajstić information content (AvgIpc) is 2.78. The zero-order valence-corrected chi connectivity index (χ0v) is 17.6. The fourth-order valence-corrected chi connectivity index (χ4v) is 3.57. The molecule has 0 aliphatic rings. The van der Waals surface area contributed by atoms with Crippen LogP contribution in [0.3, 0.4) is 0 Å². The van der Waals surface area contributed by atoms with Crippen LogP contribution >= 0.6 is 0 Å². The standard InChI is InChI=1S/C29H32/c1-3-5-7-9-25-10-12-26(13-11-25)14-15-27-18-22-29(23-19-27)28-20-16-24(17-21-28)8-6-4-2/h3-5,10-13,16-23H,2,6-9,14-15H2,1H3. The molecule has 0 unspecified atom stereocenters. The summed E-state index contributed by atoms with van der Waals surface area (Å²) in [5.74, 6) is 0. The minimum absolute atomic E-state index is 1.03. The maximum absolute atomic E-state index is 3.80. The highest BCUT2D eigenvalue weighted by atomic mass is 14.1. The number of hydrogen-bond acceptors (Lipinski definition) is 0. The summed E-state index contributed by atoms with van der Waals surface area (Å²) in [5.41, 5.74) is 8.18. The van der Waals surface area contributed by atoms with Crippen molar-refractivity contribution in [1.82, 2.24) is 0 Å². The van der Waals surface area contributed by atoms with E-state index in [4.69, 9.17) is 0 Å². The smallest absolute Gasteiger partial charge is 0.0184 e. The van der Waals surface area contributed by atoms with Crippen LogP contribution in [0.1, 0.15) is 42.0 Å². The summed E-state index contributed by atoms with van der Waals surface area (Å²) in [6.45, 7) is 5.88. The summed E-state index contributed by atoms with van der Waals surface area (Å²) < 4.78 is 0. The van der Waals surface area contributed by atoms with Gasteiger partial charge in [0.15, 0.2) is 0 Å². The summed E-state index contributed by atoms with van der Waals surface area (Å²) in [4.78, 5) is 0. The number of hydrogen-bond donors (Lipinski definition) is 0. The van der Waals surface area contributed by atoms with Crippen LogP contribution in [0.5, 0.6) is 0 Å². The molecule has 3 aromatic rings. The van der Waals surface area contributed by atoms with E-state index in [1.165, 1.54) is 33.4 Å². The van der Waals surface area contributed by atoms with Gasteiger partial charge in [-0.2, -0.15) is 0 Å². The second-order valence-corrected chi connectivity index (χ2v) is 7.65. The number of rotatable bonds is 10. The Morgan fingerprint density at radius 2 is 0.931 bits per heavy atom. The second kappa shape index (κ2) is 11.2. The molecule has 0 aliphatic heterocycles. The molecule has 0 heteroatoms. The lowest BCUT2D eigenvalue weighted by atomic mass is 9.98. The summed E-state index contributed by atoms with van der Waals surface area (Å²) >= 11 is 0. The number of benzene rings is 3. The molecular formula is C29H32. The van der Waals surface area contributed by atoms with Gasteiger partial charge in [0, 0.05) is 0 Å². The lowest BCUT2D eigenvalue weighted by molar-refractivity contribution is 0.951. The van der Waals surface area contributed by atoms with Gasteiger partial charge in [-0.25, -0.2) is 0 Å². The first-order valence-corrected chi connectivity index (χ1v) is 10.8. The normalized spacial score (nSPS) is 11.1. The molecule has 0 saturated carbocycles. The van der Waals surface area contributed by atoms with Crippen LogP contribution in [0.15, 0.2) is 97.6 Å². The van der Waals surface area contributed by atoms with Crippen molar-refractivity contribution < 1.29 is 0 Å². The zero-order chi connectivity index (χ0) is 20.3. The number of aryl methyl sites for hydroxylation is 4. The first-order chi connectivity index (χ1) is 14.3. The molecule has 0 saturated heterocycles. The molecular weight excluding hydrogens is 348 g/mol. The molecule has 0 amide bonds. The third-order valence-electron chi connectivity index (χ3n) is 5.44. The zero-order valence-electron chi connectivity index (χ0n) is 17.6. The van der Waals surface area contributed by atoms with Gasteiger partial charge in [-0.3, -0.25) is 0 Å². The van der Waals surface area contributed by atoms with Crippen LogP contribution in [0.4, 0.5) is 0 Å². The van der Waals surface area contributed by atoms with E-state index >= 15 is 0 Å². The van der Waals surface area contributed by atoms with Gasteiger partial charge in [0.25, 0.3) is 0 Å². The van der Waals surface area contributed by atoms with Gasteiger partial charge in [0.05, 0.1) is 0 Å². The van der Waals surface area contributed by atoms with Gasteiger partial charge in [-0.1, -0.05) is 91.0 Å². The lowest BCUT2D eigenvalue weighted by Gasteiger charge is -2.07. The largest absolute Gasteiger partial charge is 0.103 e. The molecule has 0 nitrogen and oxygen atoms in total. The van der Waals surface area contributed by atoms with Crippen molar-refractivity contribution in [2.45, 2.75) is 45.4 Å². The lowest BCUT2D eigenvalue weighted by Crippen LogP contribution is -1.92. The van der Waals surface area contributed by atoms with E-state index in [-0.39, 0.29) is 0 Å². The van der Waals surface area contributed by atoms with Crippen molar-refractivity contribution in [2.24, 2.45) is 0 Å². The van der Waals surface area contributed by atoms with E-state index in [0.29, 0.717) is 0 Å². The molecule has 0 bridgehead atoms. The van der Waals surface area contributed by atoms with Gasteiger partial charge >= 0.3 is 0 Å². The van der Waals surface area contributed by atoms with Crippen LogP contribution in [-0.2, 0) is 25.7 Å². The van der Waals surface area contributed by atoms with Gasteiger partial charge in [-0.05, 0) is 78.8 Å². The predicted molar refractivity (Wildman–Crippen MR) is 127 cm³/mol. The third-order valence-corrected chi connectivity index (χ3v) is 5.44. The quantitative estimate of drug-likeness (QED) is 0.315. The minimum atomic E-state index is 1.03. The Labute approximate surface area is 176 Å². The van der Waals surface area contributed by atoms with Gasteiger partial charge in [-0.15, -0.1) is 6.58 Å². The molecule has 0 heterocycles. The van der Waals surface area contributed by atoms with Gasteiger partial charge < -0.3 is 0 Å². The molecule has 3 aromatic carbocycles. The van der Waals surface area contributed by atoms with Crippen molar-refractivity contribution in [3.63, 3.8) is 0 Å². The van der Waals surface area contributed by atoms with E-state index in [0.717, 1.165) is 38.5 Å². The van der Waals surface area contributed by atoms with E-state index < -0.39 is 0 Å². The van der Waals surface area contributed by atoms with E-state index in [1.54, 1.807) is 0 Å². The highest BCUT2D eigenvalue weighted by molar-refractivity contribution is 5.64. The van der Waals surface area contributed by atoms with Crippen LogP contribution < -0.4 is 0 Å². The first kappa shape index (κ1) is 20.9. The van der Waals surface area contributed by atoms with Crippen molar-refractivity contribution in [2.75, 3.05) is 0 Å². The monoisotopic (exact) mass is 380 g/mol. The summed E-state index contributed by atoms with van der Waals surface area (Å²) in [6.07, 6.45) is 12.9. The SMILES string of the molecule is C=CCCc1ccc(-c2ccc(CCc3ccc(CCC=CC)cc3)cc2)cc1. The Bertz CT molecular complexity index is 894. The maximum atomic E-state index is 3.80. The highest BCUT2D eigenvalue weighted by Crippen LogP contribution is 2.21. The van der Waals surface area contributed by atoms with Crippen molar-refractivity contribution in [3.8, 4) is 11.1 Å². The molecule has 29 heavy (non-hydrogen) atoms. The molecule has 148 valence electrons. The molecule has 0 radical (unpaired) electrons. The first-order valence-electron chi connectivity index (χ1n) is 10.8. The molecule has 0 spiro atoms. The molecule has 0 N–H and O–H groups in total. The Morgan fingerprint density at radius 1 is 0.552 bits per heavy atom. The molecule has 0 aliphatic carbocycles. The second-order valence-electron chi connectivity index (χ2n) is 7.65. The average molecular weight is 381 g/mol. The molecule has 0 atom stereocenters. The van der Waals surface area contributed by atoms with Crippen LogP contribution in [0.25, 0.3) is 11.1 Å². The molecule has 0 fully saturated rings. The van der Waals surface area contributed by atoms with E-state index in [1.807, 2.05) is 6.08 Å². The predicted octanol–water partition coefficient (Wildman–Crippen LogP) is 7.77. The Balaban J connectivity index is 1.53. The minimum Gasteiger partial charge on any atom is -0.103 e. The van der Waals surface area contributed by atoms with Crippen LogP contribution in [0.2, 0.25) is 0 Å². The Morgan fingerprint density at radius 3 is 1.34 bits per heavy atom. The molecule has 0 aromatic heterocycles. The third kappa shape index (κ3) is 6.61. The van der Waals surface area contributed by atoms with E-state index in [9.17, 15) is 0 Å². The van der Waals surface area contributed by atoms with Crippen molar-refractivity contribution in [3.05, 3.63) is 120 Å². The summed E-state index contributed by atoms with van der Waals surface area (Å²) in [6, 6.07) is 27.1. The Kier molecular flexibility index (Phi) is 8.07. The van der Waals surface area contributed by atoms with Crippen molar-refractivity contribution >= 4 is 0 Å². The Hall–Kier alpha value is -2.86. The summed E-state index contributed by atoms with van der Waals surface area (Å²) in [7, 11) is 0. The van der Waals surface area contributed by atoms with Crippen LogP contribution in [0, 0.1) is 0 Å². The topological polar surface area (TPSA) is 0 Å². The van der Waals surface area contributed by atoms with E-state index in [2.05, 4.69) is 98.5 Å². The maximum Gasteiger partial charge on any atom is -0.0184 e. The van der Waals surface area contributed by atoms with Crippen molar-refractivity contribution in [1.29, 1.82) is 0 Å². The molecule has 3 rings (SSSR count). The van der Waals surface area contributed by atoms with Gasteiger partial charge in [0.2, 0.25) is 0 Å².